The van der Waals surface area contributed by atoms with E-state index in [1.807, 2.05) is 11.3 Å². The summed E-state index contributed by atoms with van der Waals surface area (Å²) >= 11 is 1.89. The van der Waals surface area contributed by atoms with E-state index in [-0.39, 0.29) is 5.92 Å². The fourth-order valence-corrected chi connectivity index (χ4v) is 9.93. The van der Waals surface area contributed by atoms with Crippen molar-refractivity contribution < 1.29 is 0 Å². The van der Waals surface area contributed by atoms with Gasteiger partial charge in [0.25, 0.3) is 0 Å². The number of para-hydroxylation sites is 4. The minimum absolute atomic E-state index is 0.00760. The normalized spacial score (nSPS) is 12.2. The van der Waals surface area contributed by atoms with Crippen LogP contribution < -0.4 is 4.90 Å². The largest absolute Gasteiger partial charge is 0.310 e. The van der Waals surface area contributed by atoms with Crippen LogP contribution in [0.1, 0.15) is 22.6 Å². The molecule has 9 aromatic carbocycles. The zero-order valence-electron chi connectivity index (χ0n) is 30.6. The number of rotatable bonds is 7. The minimum atomic E-state index is -0.00760. The highest BCUT2D eigenvalue weighted by Crippen LogP contribution is 2.46. The number of aromatic nitrogens is 1. The second-order valence-electron chi connectivity index (χ2n) is 14.5. The van der Waals surface area contributed by atoms with Crippen molar-refractivity contribution in [2.75, 3.05) is 4.90 Å². The molecule has 0 bridgehead atoms. The van der Waals surface area contributed by atoms with Gasteiger partial charge in [-0.25, -0.2) is 0 Å². The van der Waals surface area contributed by atoms with E-state index in [9.17, 15) is 0 Å². The van der Waals surface area contributed by atoms with Gasteiger partial charge in [0, 0.05) is 53.9 Å². The van der Waals surface area contributed by atoms with E-state index in [4.69, 9.17) is 0 Å². The lowest BCUT2D eigenvalue weighted by atomic mass is 9.83. The van der Waals surface area contributed by atoms with Crippen LogP contribution in [0.25, 0.3) is 58.4 Å². The number of thiophene rings is 1. The van der Waals surface area contributed by atoms with E-state index in [0.717, 1.165) is 22.7 Å². The summed E-state index contributed by atoms with van der Waals surface area (Å²) in [7, 11) is 0. The zero-order chi connectivity index (χ0) is 37.0. The average molecular weight is 733 g/mol. The standard InChI is InChI=1S/C53H36N2S/c1-4-16-36(17-5-1)53(39-28-30-45-47-32-37-18-10-11-19-38(37)33-52(47)56-51(45)34-39)46-25-13-15-27-49(46)54(40-20-6-2-7-21-40)42-29-31-44-43-24-12-14-26-48(43)55(50(44)35-42)41-22-8-3-9-23-41/h1-35,53H. The third-order valence-electron chi connectivity index (χ3n) is 11.3. The number of fused-ring (bicyclic) bond motifs is 7. The monoisotopic (exact) mass is 732 g/mol. The molecule has 0 fully saturated rings. The molecule has 56 heavy (non-hydrogen) atoms. The van der Waals surface area contributed by atoms with Crippen LogP contribution in [-0.2, 0) is 0 Å². The Bertz CT molecular complexity index is 3200. The van der Waals surface area contributed by atoms with E-state index in [1.165, 1.54) is 69.4 Å². The summed E-state index contributed by atoms with van der Waals surface area (Å²) in [4.78, 5) is 2.45. The maximum Gasteiger partial charge on any atom is 0.0561 e. The smallest absolute Gasteiger partial charge is 0.0561 e. The molecule has 2 heterocycles. The third-order valence-corrected chi connectivity index (χ3v) is 12.4. The molecule has 0 aliphatic carbocycles. The fraction of sp³-hybridized carbons (Fsp3) is 0.0189. The fourth-order valence-electron chi connectivity index (χ4n) is 8.75. The van der Waals surface area contributed by atoms with Crippen molar-refractivity contribution in [3.05, 3.63) is 229 Å². The highest BCUT2D eigenvalue weighted by molar-refractivity contribution is 7.25. The first kappa shape index (κ1) is 32.5. The van der Waals surface area contributed by atoms with Crippen molar-refractivity contribution in [1.29, 1.82) is 0 Å². The van der Waals surface area contributed by atoms with Crippen LogP contribution in [0.2, 0.25) is 0 Å². The predicted molar refractivity (Wildman–Crippen MR) is 240 cm³/mol. The third kappa shape index (κ3) is 5.39. The Balaban J connectivity index is 1.13. The maximum absolute atomic E-state index is 2.45. The van der Waals surface area contributed by atoms with Gasteiger partial charge in [-0.15, -0.1) is 11.3 Å². The molecule has 1 unspecified atom stereocenters. The molecule has 0 spiro atoms. The molecule has 0 N–H and O–H groups in total. The Morgan fingerprint density at radius 2 is 1.02 bits per heavy atom. The topological polar surface area (TPSA) is 8.17 Å². The molecular weight excluding hydrogens is 697 g/mol. The molecular formula is C53H36N2S. The molecule has 3 heteroatoms. The lowest BCUT2D eigenvalue weighted by molar-refractivity contribution is 0.974. The first-order valence-electron chi connectivity index (χ1n) is 19.2. The van der Waals surface area contributed by atoms with Crippen molar-refractivity contribution in [3.63, 3.8) is 0 Å². The van der Waals surface area contributed by atoms with Gasteiger partial charge in [0.2, 0.25) is 0 Å². The summed E-state index contributed by atoms with van der Waals surface area (Å²) in [6.07, 6.45) is 0. The number of hydrogen-bond acceptors (Lipinski definition) is 2. The van der Waals surface area contributed by atoms with Crippen molar-refractivity contribution in [3.8, 4) is 5.69 Å². The van der Waals surface area contributed by atoms with Crippen LogP contribution in [0.5, 0.6) is 0 Å². The summed E-state index contributed by atoms with van der Waals surface area (Å²) in [5.74, 6) is -0.00760. The molecule has 0 aliphatic heterocycles. The van der Waals surface area contributed by atoms with Gasteiger partial charge in [-0.05, 0) is 94.2 Å². The van der Waals surface area contributed by atoms with Crippen LogP contribution in [0.3, 0.4) is 0 Å². The van der Waals surface area contributed by atoms with E-state index in [1.54, 1.807) is 0 Å². The summed E-state index contributed by atoms with van der Waals surface area (Å²) in [6, 6.07) is 77.8. The van der Waals surface area contributed by atoms with Crippen molar-refractivity contribution in [1.82, 2.24) is 4.57 Å². The first-order chi connectivity index (χ1) is 27.8. The molecule has 264 valence electrons. The Morgan fingerprint density at radius 1 is 0.393 bits per heavy atom. The van der Waals surface area contributed by atoms with E-state index in [2.05, 4.69) is 222 Å². The van der Waals surface area contributed by atoms with Gasteiger partial charge in [-0.3, -0.25) is 0 Å². The van der Waals surface area contributed by atoms with Gasteiger partial charge in [0.1, 0.15) is 0 Å². The Hall–Kier alpha value is -6.94. The lowest BCUT2D eigenvalue weighted by Gasteiger charge is -2.31. The van der Waals surface area contributed by atoms with Crippen LogP contribution in [0.4, 0.5) is 17.1 Å². The van der Waals surface area contributed by atoms with Crippen LogP contribution in [-0.4, -0.2) is 4.57 Å². The summed E-state index contributed by atoms with van der Waals surface area (Å²) in [5.41, 5.74) is 10.7. The molecule has 1 atom stereocenters. The van der Waals surface area contributed by atoms with Gasteiger partial charge in [0.05, 0.1) is 16.7 Å². The average Bonchev–Trinajstić information content (AvgIpc) is 3.79. The van der Waals surface area contributed by atoms with Crippen molar-refractivity contribution >= 4 is 81.1 Å². The first-order valence-corrected chi connectivity index (χ1v) is 20.0. The predicted octanol–water partition coefficient (Wildman–Crippen LogP) is 15.0. The van der Waals surface area contributed by atoms with Gasteiger partial charge >= 0.3 is 0 Å². The number of nitrogens with zero attached hydrogens (tertiary/aromatic N) is 2. The quantitative estimate of drug-likeness (QED) is 0.148. The molecule has 0 aliphatic rings. The number of anilines is 3. The van der Waals surface area contributed by atoms with Crippen LogP contribution in [0.15, 0.2) is 212 Å². The SMILES string of the molecule is c1ccc(C(c2ccc3c(c2)sc2cc4ccccc4cc23)c2ccccc2N(c2ccccc2)c2ccc3c4ccccc4n(-c4ccccc4)c3c2)cc1. The molecule has 11 rings (SSSR count). The Kier molecular flexibility index (Phi) is 7.78. The van der Waals surface area contributed by atoms with Gasteiger partial charge in [0.15, 0.2) is 0 Å². The van der Waals surface area contributed by atoms with Crippen molar-refractivity contribution in [2.24, 2.45) is 0 Å². The molecule has 0 amide bonds. The van der Waals surface area contributed by atoms with Gasteiger partial charge in [-0.2, -0.15) is 0 Å². The molecule has 0 saturated carbocycles. The van der Waals surface area contributed by atoms with E-state index in [0.29, 0.717) is 0 Å². The Morgan fingerprint density at radius 3 is 1.84 bits per heavy atom. The van der Waals surface area contributed by atoms with Crippen molar-refractivity contribution in [2.45, 2.75) is 5.92 Å². The lowest BCUT2D eigenvalue weighted by Crippen LogP contribution is -2.15. The van der Waals surface area contributed by atoms with E-state index < -0.39 is 0 Å². The highest BCUT2D eigenvalue weighted by atomic mass is 32.1. The molecule has 0 saturated heterocycles. The number of benzene rings is 9. The molecule has 2 aromatic heterocycles. The highest BCUT2D eigenvalue weighted by Gasteiger charge is 2.25. The van der Waals surface area contributed by atoms with Gasteiger partial charge in [-0.1, -0.05) is 146 Å². The van der Waals surface area contributed by atoms with Crippen LogP contribution >= 0.6 is 11.3 Å². The molecule has 0 radical (unpaired) electrons. The summed E-state index contributed by atoms with van der Waals surface area (Å²) < 4.78 is 5.04. The summed E-state index contributed by atoms with van der Waals surface area (Å²) in [5, 5.41) is 7.69. The second kappa shape index (κ2) is 13.4. The molecule has 11 aromatic rings. The second-order valence-corrected chi connectivity index (χ2v) is 15.6. The van der Waals surface area contributed by atoms with Gasteiger partial charge < -0.3 is 9.47 Å². The maximum atomic E-state index is 2.45. The minimum Gasteiger partial charge on any atom is -0.310 e. The zero-order valence-corrected chi connectivity index (χ0v) is 31.4. The molecule has 2 nitrogen and oxygen atoms in total. The van der Waals surface area contributed by atoms with Crippen LogP contribution in [0, 0.1) is 0 Å². The Labute approximate surface area is 329 Å². The van der Waals surface area contributed by atoms with E-state index >= 15 is 0 Å². The summed E-state index contributed by atoms with van der Waals surface area (Å²) in [6.45, 7) is 0. The number of hydrogen-bond donors (Lipinski definition) is 0.